The molecule has 0 atom stereocenters. The first-order chi connectivity index (χ1) is 9.70. The lowest BCUT2D eigenvalue weighted by Gasteiger charge is -2.07. The number of methoxy groups -OCH3 is 1. The fourth-order valence-electron chi connectivity index (χ4n) is 1.48. The molecule has 20 heavy (non-hydrogen) atoms. The van der Waals surface area contributed by atoms with E-state index in [-0.39, 0.29) is 5.91 Å². The Labute approximate surface area is 115 Å². The predicted octanol–water partition coefficient (Wildman–Crippen LogP) is 1.17. The molecule has 0 unspecified atom stereocenters. The number of carbonyl (C=O) groups is 2. The number of hydrazine groups is 1. The highest BCUT2D eigenvalue weighted by atomic mass is 16.5. The van der Waals surface area contributed by atoms with Crippen LogP contribution in [0.5, 0.6) is 5.88 Å². The second kappa shape index (κ2) is 6.33. The number of rotatable bonds is 3. The summed E-state index contributed by atoms with van der Waals surface area (Å²) in [6.45, 7) is 0. The van der Waals surface area contributed by atoms with Gasteiger partial charge in [-0.05, 0) is 18.2 Å². The van der Waals surface area contributed by atoms with Crippen molar-refractivity contribution >= 4 is 11.8 Å². The number of hydrogen-bond acceptors (Lipinski definition) is 4. The smallest absolute Gasteiger partial charge is 0.271 e. The molecule has 1 aromatic heterocycles. The normalized spacial score (nSPS) is 9.65. The van der Waals surface area contributed by atoms with Gasteiger partial charge in [0.1, 0.15) is 0 Å². The average Bonchev–Trinajstić information content (AvgIpc) is 2.53. The molecule has 2 rings (SSSR count). The number of amides is 2. The van der Waals surface area contributed by atoms with Crippen molar-refractivity contribution in [2.75, 3.05) is 7.11 Å². The summed E-state index contributed by atoms with van der Waals surface area (Å²) >= 11 is 0. The fraction of sp³-hybridized carbons (Fsp3) is 0.0714. The number of aromatic nitrogens is 1. The van der Waals surface area contributed by atoms with Crippen molar-refractivity contribution in [1.29, 1.82) is 0 Å². The van der Waals surface area contributed by atoms with E-state index in [4.69, 9.17) is 4.74 Å². The first kappa shape index (κ1) is 13.5. The minimum Gasteiger partial charge on any atom is -0.481 e. The van der Waals surface area contributed by atoms with Crippen LogP contribution in [0.25, 0.3) is 0 Å². The Hall–Kier alpha value is -2.89. The summed E-state index contributed by atoms with van der Waals surface area (Å²) in [5, 5.41) is 0. The zero-order chi connectivity index (χ0) is 14.4. The first-order valence-electron chi connectivity index (χ1n) is 5.86. The summed E-state index contributed by atoms with van der Waals surface area (Å²) in [7, 11) is 1.49. The molecule has 0 aliphatic heterocycles. The summed E-state index contributed by atoms with van der Waals surface area (Å²) in [4.78, 5) is 27.4. The van der Waals surface area contributed by atoms with Gasteiger partial charge < -0.3 is 4.74 Å². The topological polar surface area (TPSA) is 80.3 Å². The van der Waals surface area contributed by atoms with Crippen LogP contribution < -0.4 is 15.6 Å². The molecule has 6 heteroatoms. The predicted molar refractivity (Wildman–Crippen MR) is 72.2 cm³/mol. The third-order valence-corrected chi connectivity index (χ3v) is 2.53. The van der Waals surface area contributed by atoms with E-state index in [1.54, 1.807) is 42.5 Å². The second-order valence-corrected chi connectivity index (χ2v) is 3.86. The number of nitrogens with zero attached hydrogens (tertiary/aromatic N) is 1. The average molecular weight is 271 g/mol. The zero-order valence-corrected chi connectivity index (χ0v) is 10.8. The van der Waals surface area contributed by atoms with Gasteiger partial charge in [0.15, 0.2) is 0 Å². The molecule has 0 spiro atoms. The van der Waals surface area contributed by atoms with Gasteiger partial charge in [-0.2, -0.15) is 0 Å². The van der Waals surface area contributed by atoms with Crippen molar-refractivity contribution in [2.45, 2.75) is 0 Å². The molecule has 102 valence electrons. The lowest BCUT2D eigenvalue weighted by molar-refractivity contribution is 0.0846. The van der Waals surface area contributed by atoms with E-state index in [2.05, 4.69) is 15.8 Å². The van der Waals surface area contributed by atoms with Crippen molar-refractivity contribution in [2.24, 2.45) is 0 Å². The lowest BCUT2D eigenvalue weighted by Crippen LogP contribution is -2.41. The molecule has 6 nitrogen and oxygen atoms in total. The molecule has 1 heterocycles. The van der Waals surface area contributed by atoms with E-state index in [1.165, 1.54) is 13.3 Å². The molecular weight excluding hydrogens is 258 g/mol. The van der Waals surface area contributed by atoms with Gasteiger partial charge in [0.05, 0.1) is 12.7 Å². The minimum atomic E-state index is -0.454. The van der Waals surface area contributed by atoms with E-state index >= 15 is 0 Å². The molecule has 0 saturated heterocycles. The first-order valence-corrected chi connectivity index (χ1v) is 5.86. The number of pyridine rings is 1. The van der Waals surface area contributed by atoms with E-state index < -0.39 is 5.91 Å². The highest BCUT2D eigenvalue weighted by Crippen LogP contribution is 2.06. The molecule has 2 aromatic rings. The molecule has 0 bridgehead atoms. The third-order valence-electron chi connectivity index (χ3n) is 2.53. The van der Waals surface area contributed by atoms with E-state index in [0.29, 0.717) is 17.0 Å². The summed E-state index contributed by atoms with van der Waals surface area (Å²) in [6, 6.07) is 11.7. The van der Waals surface area contributed by atoms with E-state index in [9.17, 15) is 9.59 Å². The Kier molecular flexibility index (Phi) is 4.28. The van der Waals surface area contributed by atoms with Crippen LogP contribution in [0, 0.1) is 0 Å². The maximum Gasteiger partial charge on any atom is 0.271 e. The van der Waals surface area contributed by atoms with E-state index in [1.807, 2.05) is 0 Å². The molecule has 0 radical (unpaired) electrons. The Bertz CT molecular complexity index is 597. The van der Waals surface area contributed by atoms with Crippen molar-refractivity contribution in [3.8, 4) is 5.88 Å². The van der Waals surface area contributed by atoms with Crippen molar-refractivity contribution in [1.82, 2.24) is 15.8 Å². The zero-order valence-electron chi connectivity index (χ0n) is 10.8. The quantitative estimate of drug-likeness (QED) is 0.821. The molecular formula is C14H13N3O3. The van der Waals surface area contributed by atoms with Gasteiger partial charge in [0.2, 0.25) is 5.88 Å². The minimum absolute atomic E-state index is 0.319. The SMILES string of the molecule is COc1ccc(C(=O)NNC(=O)c2ccccc2)cn1. The number of carbonyl (C=O) groups excluding carboxylic acids is 2. The van der Waals surface area contributed by atoms with Crippen LogP contribution in [0.1, 0.15) is 20.7 Å². The van der Waals surface area contributed by atoms with Crippen molar-refractivity contribution < 1.29 is 14.3 Å². The molecule has 1 aromatic carbocycles. The lowest BCUT2D eigenvalue weighted by atomic mass is 10.2. The Morgan fingerprint density at radius 1 is 0.950 bits per heavy atom. The second-order valence-electron chi connectivity index (χ2n) is 3.86. The van der Waals surface area contributed by atoms with Gasteiger partial charge in [-0.15, -0.1) is 0 Å². The summed E-state index contributed by atoms with van der Waals surface area (Å²) in [6.07, 6.45) is 1.36. The van der Waals surface area contributed by atoms with Gasteiger partial charge >= 0.3 is 0 Å². The Morgan fingerprint density at radius 3 is 2.15 bits per heavy atom. The van der Waals surface area contributed by atoms with Crippen LogP contribution in [-0.2, 0) is 0 Å². The number of ether oxygens (including phenoxy) is 1. The van der Waals surface area contributed by atoms with Gasteiger partial charge in [-0.25, -0.2) is 4.98 Å². The van der Waals surface area contributed by atoms with Gasteiger partial charge in [-0.3, -0.25) is 20.4 Å². The van der Waals surface area contributed by atoms with E-state index in [0.717, 1.165) is 0 Å². The van der Waals surface area contributed by atoms with Gasteiger partial charge in [0, 0.05) is 17.8 Å². The van der Waals surface area contributed by atoms with Crippen molar-refractivity contribution in [3.63, 3.8) is 0 Å². The number of benzene rings is 1. The molecule has 2 amide bonds. The Morgan fingerprint density at radius 2 is 1.60 bits per heavy atom. The highest BCUT2D eigenvalue weighted by Gasteiger charge is 2.09. The number of hydrogen-bond donors (Lipinski definition) is 2. The summed E-state index contributed by atoms with van der Waals surface area (Å²) < 4.78 is 4.89. The molecule has 0 fully saturated rings. The largest absolute Gasteiger partial charge is 0.481 e. The molecule has 0 saturated carbocycles. The van der Waals surface area contributed by atoms with Crippen LogP contribution in [0.15, 0.2) is 48.7 Å². The van der Waals surface area contributed by atoms with Crippen LogP contribution in [0.4, 0.5) is 0 Å². The maximum atomic E-state index is 11.8. The Balaban J connectivity index is 1.93. The summed E-state index contributed by atoms with van der Waals surface area (Å²) in [5.41, 5.74) is 5.42. The molecule has 0 aliphatic rings. The number of nitrogens with one attached hydrogen (secondary N) is 2. The van der Waals surface area contributed by atoms with Crippen LogP contribution >= 0.6 is 0 Å². The monoisotopic (exact) mass is 271 g/mol. The van der Waals surface area contributed by atoms with Crippen LogP contribution in [0.3, 0.4) is 0 Å². The van der Waals surface area contributed by atoms with Crippen LogP contribution in [-0.4, -0.2) is 23.9 Å². The van der Waals surface area contributed by atoms with Crippen LogP contribution in [0.2, 0.25) is 0 Å². The van der Waals surface area contributed by atoms with Gasteiger partial charge in [0.25, 0.3) is 11.8 Å². The van der Waals surface area contributed by atoms with Crippen molar-refractivity contribution in [3.05, 3.63) is 59.8 Å². The summed E-state index contributed by atoms with van der Waals surface area (Å²) in [5.74, 6) is -0.431. The standard InChI is InChI=1S/C14H13N3O3/c1-20-12-8-7-11(9-15-12)14(19)17-16-13(18)10-5-3-2-4-6-10/h2-9H,1H3,(H,16,18)(H,17,19). The highest BCUT2D eigenvalue weighted by molar-refractivity contribution is 5.98. The van der Waals surface area contributed by atoms with Gasteiger partial charge in [-0.1, -0.05) is 18.2 Å². The molecule has 2 N–H and O–H groups in total. The maximum absolute atomic E-state index is 11.8. The third kappa shape index (κ3) is 3.32. The fourth-order valence-corrected chi connectivity index (χ4v) is 1.48. The molecule has 0 aliphatic carbocycles.